The summed E-state index contributed by atoms with van der Waals surface area (Å²) in [7, 11) is -2.25. The Hall–Kier alpha value is -3.63. The number of sulfonamides is 1. The highest BCUT2D eigenvalue weighted by molar-refractivity contribution is 7.99. The predicted molar refractivity (Wildman–Crippen MR) is 129 cm³/mol. The molecule has 2 heterocycles. The van der Waals surface area contributed by atoms with Crippen molar-refractivity contribution in [3.05, 3.63) is 84.4 Å². The van der Waals surface area contributed by atoms with Gasteiger partial charge in [0.15, 0.2) is 11.0 Å². The number of carbonyl (C=O) groups excluding carboxylic acids is 1. The van der Waals surface area contributed by atoms with Gasteiger partial charge in [-0.05, 0) is 36.4 Å². The third kappa shape index (κ3) is 3.74. The van der Waals surface area contributed by atoms with E-state index in [1.807, 2.05) is 59.2 Å². The Bertz CT molecular complexity index is 1470. The maximum atomic E-state index is 12.8. The van der Waals surface area contributed by atoms with E-state index in [9.17, 15) is 13.2 Å². The Kier molecular flexibility index (Phi) is 5.84. The number of thioether (sulfide) groups is 1. The summed E-state index contributed by atoms with van der Waals surface area (Å²) in [4.78, 5) is 12.7. The smallest absolute Gasteiger partial charge is 0.269 e. The molecular weight excluding hydrogens is 472 g/mol. The highest BCUT2D eigenvalue weighted by atomic mass is 32.2. The maximum Gasteiger partial charge on any atom is 0.269 e. The van der Waals surface area contributed by atoms with Crippen LogP contribution in [-0.4, -0.2) is 52.8 Å². The molecule has 0 atom stereocenters. The van der Waals surface area contributed by atoms with E-state index in [0.29, 0.717) is 22.5 Å². The first kappa shape index (κ1) is 22.2. The van der Waals surface area contributed by atoms with E-state index in [2.05, 4.69) is 10.2 Å². The number of ether oxygens (including phenoxy) is 1. The van der Waals surface area contributed by atoms with Gasteiger partial charge in [0.2, 0.25) is 0 Å². The summed E-state index contributed by atoms with van der Waals surface area (Å²) < 4.78 is 34.0. The molecule has 0 unspecified atom stereocenters. The summed E-state index contributed by atoms with van der Waals surface area (Å²) in [6.45, 7) is 0.0200. The number of rotatable bonds is 7. The number of aromatic nitrogens is 3. The van der Waals surface area contributed by atoms with Crippen LogP contribution < -0.4 is 4.74 Å². The standard InChI is InChI=1S/C24H20N4O4S2/c1-32-20-13-7-5-11-18(20)22-25-26-24(28(22)17-9-3-2-4-10-17)33-16-15-27-23(29)19-12-6-8-14-21(19)34(27,30)31/h2-14H,15-16H2,1H3. The van der Waals surface area contributed by atoms with Gasteiger partial charge in [-0.25, -0.2) is 12.7 Å². The summed E-state index contributed by atoms with van der Waals surface area (Å²) in [5, 5.41) is 9.36. The topological polar surface area (TPSA) is 94.4 Å². The van der Waals surface area contributed by atoms with Crippen molar-refractivity contribution in [3.8, 4) is 22.8 Å². The number of methoxy groups -OCH3 is 1. The lowest BCUT2D eigenvalue weighted by atomic mass is 10.2. The molecule has 8 nitrogen and oxygen atoms in total. The fraction of sp³-hybridized carbons (Fsp3) is 0.125. The van der Waals surface area contributed by atoms with Crippen LogP contribution in [0.5, 0.6) is 5.75 Å². The van der Waals surface area contributed by atoms with Crippen molar-refractivity contribution in [2.24, 2.45) is 0 Å². The average molecular weight is 493 g/mol. The van der Waals surface area contributed by atoms with Crippen LogP contribution in [0.25, 0.3) is 17.1 Å². The van der Waals surface area contributed by atoms with Gasteiger partial charge in [0.1, 0.15) is 10.6 Å². The number of nitrogens with zero attached hydrogens (tertiary/aromatic N) is 4. The predicted octanol–water partition coefficient (Wildman–Crippen LogP) is 3.88. The summed E-state index contributed by atoms with van der Waals surface area (Å²) in [6.07, 6.45) is 0. The lowest BCUT2D eigenvalue weighted by Crippen LogP contribution is -2.32. The van der Waals surface area contributed by atoms with E-state index in [1.54, 1.807) is 19.2 Å². The zero-order valence-corrected chi connectivity index (χ0v) is 19.8. The van der Waals surface area contributed by atoms with Gasteiger partial charge in [-0.15, -0.1) is 10.2 Å². The van der Waals surface area contributed by atoms with Crippen LogP contribution in [0.4, 0.5) is 0 Å². The summed E-state index contributed by atoms with van der Waals surface area (Å²) in [5.41, 5.74) is 1.84. The Labute approximate surface area is 201 Å². The van der Waals surface area contributed by atoms with E-state index in [4.69, 9.17) is 4.74 Å². The number of hydrogen-bond acceptors (Lipinski definition) is 7. The van der Waals surface area contributed by atoms with Crippen LogP contribution >= 0.6 is 11.8 Å². The minimum absolute atomic E-state index is 0.0200. The first-order valence-electron chi connectivity index (χ1n) is 10.5. The lowest BCUT2D eigenvalue weighted by molar-refractivity contribution is 0.0876. The van der Waals surface area contributed by atoms with E-state index in [0.717, 1.165) is 15.6 Å². The van der Waals surface area contributed by atoms with Crippen molar-refractivity contribution < 1.29 is 17.9 Å². The van der Waals surface area contributed by atoms with Crippen LogP contribution in [0.1, 0.15) is 10.4 Å². The van der Waals surface area contributed by atoms with Gasteiger partial charge in [0, 0.05) is 18.0 Å². The SMILES string of the molecule is COc1ccccc1-c1nnc(SCCN2C(=O)c3ccccc3S2(=O)=O)n1-c1ccccc1. The fourth-order valence-electron chi connectivity index (χ4n) is 3.85. The first-order chi connectivity index (χ1) is 16.5. The number of fused-ring (bicyclic) bond motifs is 1. The average Bonchev–Trinajstić information content (AvgIpc) is 3.37. The molecule has 0 radical (unpaired) electrons. The molecule has 1 aliphatic rings. The molecule has 1 amide bonds. The fourth-order valence-corrected chi connectivity index (χ4v) is 6.41. The monoisotopic (exact) mass is 492 g/mol. The summed E-state index contributed by atoms with van der Waals surface area (Å²) in [6, 6.07) is 23.5. The Morgan fingerprint density at radius 3 is 2.29 bits per heavy atom. The van der Waals surface area contributed by atoms with Crippen molar-refractivity contribution >= 4 is 27.7 Å². The van der Waals surface area contributed by atoms with Crippen molar-refractivity contribution in [2.75, 3.05) is 19.4 Å². The zero-order chi connectivity index (χ0) is 23.7. The molecule has 0 saturated carbocycles. The summed E-state index contributed by atoms with van der Waals surface area (Å²) >= 11 is 1.33. The molecule has 1 aliphatic heterocycles. The molecule has 172 valence electrons. The van der Waals surface area contributed by atoms with Crippen molar-refractivity contribution in [1.29, 1.82) is 0 Å². The van der Waals surface area contributed by atoms with Gasteiger partial charge in [-0.1, -0.05) is 54.2 Å². The van der Waals surface area contributed by atoms with E-state index >= 15 is 0 Å². The third-order valence-electron chi connectivity index (χ3n) is 5.43. The molecule has 0 spiro atoms. The molecule has 0 aliphatic carbocycles. The second-order valence-corrected chi connectivity index (χ2v) is 10.3. The van der Waals surface area contributed by atoms with Gasteiger partial charge >= 0.3 is 0 Å². The molecule has 0 fully saturated rings. The summed E-state index contributed by atoms with van der Waals surface area (Å²) in [5.74, 6) is 1.07. The number of benzene rings is 3. The second-order valence-electron chi connectivity index (χ2n) is 7.40. The number of hydrogen-bond donors (Lipinski definition) is 0. The van der Waals surface area contributed by atoms with Gasteiger partial charge in [0.05, 0.1) is 18.2 Å². The van der Waals surface area contributed by atoms with Crippen molar-refractivity contribution in [1.82, 2.24) is 19.1 Å². The molecule has 34 heavy (non-hydrogen) atoms. The van der Waals surface area contributed by atoms with Crippen LogP contribution in [0, 0.1) is 0 Å². The molecular formula is C24H20N4O4S2. The highest BCUT2D eigenvalue weighted by Gasteiger charge is 2.40. The minimum atomic E-state index is -3.85. The van der Waals surface area contributed by atoms with Crippen LogP contribution in [0.3, 0.4) is 0 Å². The largest absolute Gasteiger partial charge is 0.496 e. The molecule has 4 aromatic rings. The number of amides is 1. The quantitative estimate of drug-likeness (QED) is 0.361. The van der Waals surface area contributed by atoms with Crippen LogP contribution in [-0.2, 0) is 10.0 Å². The Morgan fingerprint density at radius 2 is 1.56 bits per heavy atom. The van der Waals surface area contributed by atoms with Crippen LogP contribution in [0.15, 0.2) is 88.9 Å². The molecule has 3 aromatic carbocycles. The zero-order valence-electron chi connectivity index (χ0n) is 18.2. The molecule has 5 rings (SSSR count). The number of carbonyl (C=O) groups is 1. The van der Waals surface area contributed by atoms with Gasteiger partial charge < -0.3 is 4.74 Å². The first-order valence-corrected chi connectivity index (χ1v) is 12.9. The third-order valence-corrected chi connectivity index (χ3v) is 8.18. The molecule has 0 bridgehead atoms. The van der Waals surface area contributed by atoms with Crippen LogP contribution in [0.2, 0.25) is 0 Å². The van der Waals surface area contributed by atoms with E-state index in [-0.39, 0.29) is 17.0 Å². The van der Waals surface area contributed by atoms with Gasteiger partial charge in [0.25, 0.3) is 15.9 Å². The minimum Gasteiger partial charge on any atom is -0.496 e. The highest BCUT2D eigenvalue weighted by Crippen LogP contribution is 2.34. The maximum absolute atomic E-state index is 12.8. The Balaban J connectivity index is 1.44. The molecule has 1 aromatic heterocycles. The van der Waals surface area contributed by atoms with E-state index in [1.165, 1.54) is 23.9 Å². The molecule has 0 N–H and O–H groups in total. The Morgan fingerprint density at radius 1 is 0.882 bits per heavy atom. The number of para-hydroxylation sites is 2. The van der Waals surface area contributed by atoms with Gasteiger partial charge in [-0.3, -0.25) is 9.36 Å². The van der Waals surface area contributed by atoms with Crippen molar-refractivity contribution in [2.45, 2.75) is 10.1 Å². The lowest BCUT2D eigenvalue weighted by Gasteiger charge is -2.15. The normalized spacial score (nSPS) is 14.3. The second kappa shape index (κ2) is 8.96. The molecule has 10 heteroatoms. The molecule has 0 saturated heterocycles. The van der Waals surface area contributed by atoms with Gasteiger partial charge in [-0.2, -0.15) is 0 Å². The van der Waals surface area contributed by atoms with E-state index < -0.39 is 15.9 Å². The van der Waals surface area contributed by atoms with Crippen molar-refractivity contribution in [3.63, 3.8) is 0 Å².